The Balaban J connectivity index is 1.24. The van der Waals surface area contributed by atoms with Crippen LogP contribution in [0, 0.1) is 33.6 Å². The molecule has 0 atom stereocenters. The molecule has 184 valence electrons. The van der Waals surface area contributed by atoms with Gasteiger partial charge in [-0.3, -0.25) is 14.9 Å². The second kappa shape index (κ2) is 10.4. The molecule has 0 unspecified atom stereocenters. The number of thiophene rings is 1. The molecule has 0 spiro atoms. The van der Waals surface area contributed by atoms with Gasteiger partial charge < -0.3 is 15.0 Å². The van der Waals surface area contributed by atoms with Crippen molar-refractivity contribution in [2.45, 2.75) is 40.5 Å². The van der Waals surface area contributed by atoms with E-state index in [9.17, 15) is 14.4 Å². The summed E-state index contributed by atoms with van der Waals surface area (Å²) in [7, 11) is 0. The van der Waals surface area contributed by atoms with Crippen LogP contribution in [-0.2, 0) is 14.3 Å². The number of urea groups is 1. The van der Waals surface area contributed by atoms with Crippen LogP contribution < -0.4 is 15.5 Å². The minimum atomic E-state index is -0.677. The number of hydrogen-bond donors (Lipinski definition) is 2. The highest BCUT2D eigenvalue weighted by Crippen LogP contribution is 2.35. The summed E-state index contributed by atoms with van der Waals surface area (Å²) in [5.41, 5.74) is 3.90. The first-order valence-electron chi connectivity index (χ1n) is 11.5. The van der Waals surface area contributed by atoms with Crippen molar-refractivity contribution in [3.8, 4) is 0 Å². The van der Waals surface area contributed by atoms with Crippen molar-refractivity contribution in [1.29, 1.82) is 0 Å². The number of esters is 1. The number of carbonyl (C=O) groups excluding carboxylic acids is 3. The fourth-order valence-electron chi connectivity index (χ4n) is 4.13. The quantitative estimate of drug-likeness (QED) is 0.514. The number of benzene rings is 1. The first-order chi connectivity index (χ1) is 16.7. The van der Waals surface area contributed by atoms with Crippen molar-refractivity contribution in [3.63, 3.8) is 0 Å². The number of piperidine rings is 1. The number of nitrogens with zero attached hydrogens (tertiary/aromatic N) is 3. The molecular weight excluding hydrogens is 466 g/mol. The van der Waals surface area contributed by atoms with E-state index in [-0.39, 0.29) is 5.92 Å². The molecule has 3 aromatic rings. The smallest absolute Gasteiger partial charge is 0.325 e. The molecule has 10 heteroatoms. The van der Waals surface area contributed by atoms with Gasteiger partial charge in [-0.05, 0) is 69.4 Å². The zero-order valence-electron chi connectivity index (χ0n) is 20.3. The Bertz CT molecular complexity index is 1280. The maximum absolute atomic E-state index is 12.5. The van der Waals surface area contributed by atoms with Crippen molar-refractivity contribution in [2.24, 2.45) is 5.92 Å². The molecule has 3 heterocycles. The molecule has 1 aliphatic heterocycles. The first-order valence-corrected chi connectivity index (χ1v) is 12.3. The molecule has 0 radical (unpaired) electrons. The molecule has 3 amide bonds. The molecule has 1 aliphatic rings. The third-order valence-electron chi connectivity index (χ3n) is 6.44. The van der Waals surface area contributed by atoms with E-state index in [1.807, 2.05) is 26.0 Å². The Kier molecular flexibility index (Phi) is 7.30. The lowest BCUT2D eigenvalue weighted by Crippen LogP contribution is -2.40. The van der Waals surface area contributed by atoms with E-state index in [1.165, 1.54) is 10.4 Å². The second-order valence-electron chi connectivity index (χ2n) is 8.83. The number of rotatable bonds is 5. The maximum atomic E-state index is 12.5. The number of ether oxygens (including phenoxy) is 1. The third kappa shape index (κ3) is 5.59. The first kappa shape index (κ1) is 24.6. The number of amides is 3. The number of aryl methyl sites for hydroxylation is 4. The minimum Gasteiger partial charge on any atom is -0.455 e. The summed E-state index contributed by atoms with van der Waals surface area (Å²) < 4.78 is 5.19. The van der Waals surface area contributed by atoms with Gasteiger partial charge in [-0.1, -0.05) is 6.07 Å². The summed E-state index contributed by atoms with van der Waals surface area (Å²) in [6.07, 6.45) is 2.78. The standard InChI is InChI=1S/C25H29N5O4S/c1-14-5-6-19(11-15(14)2)28-25(33)29-20(31)12-34-24(32)18-7-9-30(10-8-18)22-21-16(3)17(4)35-23(21)27-13-26-22/h5-6,11,13,18H,7-10,12H2,1-4H3,(H2,28,29,31,33). The van der Waals surface area contributed by atoms with Gasteiger partial charge in [0.1, 0.15) is 17.0 Å². The minimum absolute atomic E-state index is 0.300. The van der Waals surface area contributed by atoms with Crippen molar-refractivity contribution < 1.29 is 19.1 Å². The van der Waals surface area contributed by atoms with Crippen LogP contribution in [0.1, 0.15) is 34.4 Å². The molecule has 1 fully saturated rings. The highest BCUT2D eigenvalue weighted by Gasteiger charge is 2.29. The van der Waals surface area contributed by atoms with Gasteiger partial charge in [0.05, 0.1) is 11.3 Å². The monoisotopic (exact) mass is 495 g/mol. The fourth-order valence-corrected chi connectivity index (χ4v) is 5.12. The van der Waals surface area contributed by atoms with Gasteiger partial charge in [-0.25, -0.2) is 14.8 Å². The van der Waals surface area contributed by atoms with Crippen molar-refractivity contribution >= 4 is 51.0 Å². The van der Waals surface area contributed by atoms with Gasteiger partial charge in [0.2, 0.25) is 0 Å². The van der Waals surface area contributed by atoms with Crippen LogP contribution >= 0.6 is 11.3 Å². The van der Waals surface area contributed by atoms with Crippen molar-refractivity contribution in [1.82, 2.24) is 15.3 Å². The van der Waals surface area contributed by atoms with Crippen LogP contribution in [0.25, 0.3) is 10.2 Å². The van der Waals surface area contributed by atoms with Crippen LogP contribution in [0.2, 0.25) is 0 Å². The molecule has 4 rings (SSSR count). The van der Waals surface area contributed by atoms with Gasteiger partial charge in [0.15, 0.2) is 6.61 Å². The van der Waals surface area contributed by atoms with Crippen LogP contribution in [0.3, 0.4) is 0 Å². The number of hydrogen-bond acceptors (Lipinski definition) is 8. The number of imide groups is 1. The summed E-state index contributed by atoms with van der Waals surface area (Å²) in [5.74, 6) is -0.502. The number of nitrogens with one attached hydrogen (secondary N) is 2. The maximum Gasteiger partial charge on any atom is 0.325 e. The van der Waals surface area contributed by atoms with Crippen LogP contribution in [0.15, 0.2) is 24.5 Å². The SMILES string of the molecule is Cc1ccc(NC(=O)NC(=O)COC(=O)C2CCN(c3ncnc4sc(C)c(C)c34)CC2)cc1C. The lowest BCUT2D eigenvalue weighted by Gasteiger charge is -2.32. The van der Waals surface area contributed by atoms with E-state index in [1.54, 1.807) is 23.7 Å². The molecule has 35 heavy (non-hydrogen) atoms. The summed E-state index contributed by atoms with van der Waals surface area (Å²) >= 11 is 1.66. The second-order valence-corrected chi connectivity index (χ2v) is 10.0. The van der Waals surface area contributed by atoms with Gasteiger partial charge >= 0.3 is 12.0 Å². The van der Waals surface area contributed by atoms with E-state index in [0.717, 1.165) is 27.2 Å². The summed E-state index contributed by atoms with van der Waals surface area (Å²) in [6.45, 7) is 8.89. The summed E-state index contributed by atoms with van der Waals surface area (Å²) in [5, 5.41) is 5.87. The van der Waals surface area contributed by atoms with E-state index < -0.39 is 24.5 Å². The number of carbonyl (C=O) groups is 3. The van der Waals surface area contributed by atoms with E-state index in [4.69, 9.17) is 4.74 Å². The molecule has 1 saturated heterocycles. The van der Waals surface area contributed by atoms with E-state index >= 15 is 0 Å². The number of aromatic nitrogens is 2. The van der Waals surface area contributed by atoms with Gasteiger partial charge in [0, 0.05) is 23.7 Å². The predicted octanol–water partition coefficient (Wildman–Crippen LogP) is 4.03. The highest BCUT2D eigenvalue weighted by atomic mass is 32.1. The lowest BCUT2D eigenvalue weighted by atomic mass is 9.97. The third-order valence-corrected chi connectivity index (χ3v) is 7.55. The lowest BCUT2D eigenvalue weighted by molar-refractivity contribution is -0.153. The zero-order chi connectivity index (χ0) is 25.1. The average molecular weight is 496 g/mol. The molecule has 9 nitrogen and oxygen atoms in total. The zero-order valence-corrected chi connectivity index (χ0v) is 21.1. The fraction of sp³-hybridized carbons (Fsp3) is 0.400. The van der Waals surface area contributed by atoms with E-state index in [2.05, 4.69) is 39.3 Å². The highest BCUT2D eigenvalue weighted by molar-refractivity contribution is 7.18. The number of anilines is 2. The Morgan fingerprint density at radius 1 is 1.09 bits per heavy atom. The van der Waals surface area contributed by atoms with Crippen molar-refractivity contribution in [3.05, 3.63) is 46.1 Å². The molecule has 1 aromatic carbocycles. The van der Waals surface area contributed by atoms with Crippen LogP contribution in [-0.4, -0.2) is 47.6 Å². The van der Waals surface area contributed by atoms with Crippen LogP contribution in [0.4, 0.5) is 16.3 Å². The largest absolute Gasteiger partial charge is 0.455 e. The average Bonchev–Trinajstić information content (AvgIpc) is 3.13. The Morgan fingerprint density at radius 2 is 1.83 bits per heavy atom. The topological polar surface area (TPSA) is 114 Å². The van der Waals surface area contributed by atoms with Crippen LogP contribution in [0.5, 0.6) is 0 Å². The Hall–Kier alpha value is -3.53. The molecule has 0 aliphatic carbocycles. The Labute approximate surface area is 207 Å². The molecule has 0 bridgehead atoms. The molecular formula is C25H29N5O4S. The molecule has 0 saturated carbocycles. The van der Waals surface area contributed by atoms with E-state index in [0.29, 0.717) is 31.6 Å². The summed E-state index contributed by atoms with van der Waals surface area (Å²) in [6, 6.07) is 4.79. The van der Waals surface area contributed by atoms with Gasteiger partial charge in [-0.15, -0.1) is 11.3 Å². The molecule has 2 N–H and O–H groups in total. The summed E-state index contributed by atoms with van der Waals surface area (Å²) in [4.78, 5) is 49.9. The normalized spacial score (nSPS) is 14.1. The van der Waals surface area contributed by atoms with Gasteiger partial charge in [0.25, 0.3) is 5.91 Å². The predicted molar refractivity (Wildman–Crippen MR) is 136 cm³/mol. The van der Waals surface area contributed by atoms with Crippen molar-refractivity contribution in [2.75, 3.05) is 29.9 Å². The Morgan fingerprint density at radius 3 is 2.54 bits per heavy atom. The van der Waals surface area contributed by atoms with Gasteiger partial charge in [-0.2, -0.15) is 0 Å². The number of fused-ring (bicyclic) bond motifs is 1. The molecule has 2 aromatic heterocycles.